The molecule has 110 valence electrons. The summed E-state index contributed by atoms with van der Waals surface area (Å²) >= 11 is 0. The van der Waals surface area contributed by atoms with Gasteiger partial charge in [-0.2, -0.15) is 0 Å². The van der Waals surface area contributed by atoms with E-state index < -0.39 is 10.0 Å². The Morgan fingerprint density at radius 1 is 1.32 bits per heavy atom. The number of carbonyl (C=O) groups excluding carboxylic acids is 1. The molecule has 0 spiro atoms. The van der Waals surface area contributed by atoms with Gasteiger partial charge in [-0.3, -0.25) is 4.79 Å². The van der Waals surface area contributed by atoms with E-state index in [0.717, 1.165) is 12.8 Å². The number of carbonyl (C=O) groups is 1. The molecule has 1 saturated carbocycles. The molecule has 0 radical (unpaired) electrons. The van der Waals surface area contributed by atoms with Crippen molar-refractivity contribution in [2.24, 2.45) is 11.8 Å². The van der Waals surface area contributed by atoms with Crippen molar-refractivity contribution in [1.82, 2.24) is 9.21 Å². The molecular formula is C13H24N2O3S. The summed E-state index contributed by atoms with van der Waals surface area (Å²) in [7, 11) is -1.33. The van der Waals surface area contributed by atoms with Crippen LogP contribution in [0.5, 0.6) is 0 Å². The Morgan fingerprint density at radius 2 is 1.95 bits per heavy atom. The van der Waals surface area contributed by atoms with Crippen molar-refractivity contribution < 1.29 is 13.2 Å². The van der Waals surface area contributed by atoms with E-state index in [-0.39, 0.29) is 17.9 Å². The maximum absolute atomic E-state index is 12.4. The third-order valence-corrected chi connectivity index (χ3v) is 5.73. The van der Waals surface area contributed by atoms with Crippen LogP contribution in [0, 0.1) is 11.8 Å². The molecule has 1 aliphatic heterocycles. The van der Waals surface area contributed by atoms with Crippen LogP contribution in [0.25, 0.3) is 0 Å². The van der Waals surface area contributed by atoms with Gasteiger partial charge in [0.2, 0.25) is 15.9 Å². The fraction of sp³-hybridized carbons (Fsp3) is 0.923. The number of sulfonamides is 1. The molecule has 1 amide bonds. The van der Waals surface area contributed by atoms with E-state index in [1.807, 2.05) is 11.9 Å². The Balaban J connectivity index is 1.98. The van der Waals surface area contributed by atoms with Gasteiger partial charge in [-0.15, -0.1) is 0 Å². The summed E-state index contributed by atoms with van der Waals surface area (Å²) in [6.07, 6.45) is 5.20. The molecule has 0 aromatic heterocycles. The number of piperidine rings is 1. The van der Waals surface area contributed by atoms with Gasteiger partial charge >= 0.3 is 0 Å². The van der Waals surface area contributed by atoms with Crippen LogP contribution in [-0.4, -0.2) is 56.0 Å². The Hall–Kier alpha value is -0.620. The lowest BCUT2D eigenvalue weighted by atomic mass is 9.97. The summed E-state index contributed by atoms with van der Waals surface area (Å²) in [5.41, 5.74) is 0. The van der Waals surface area contributed by atoms with Crippen molar-refractivity contribution in [3.8, 4) is 0 Å². The Bertz CT molecular complexity index is 445. The summed E-state index contributed by atoms with van der Waals surface area (Å²) in [6.45, 7) is 2.98. The lowest BCUT2D eigenvalue weighted by molar-refractivity contribution is -0.137. The van der Waals surface area contributed by atoms with Crippen LogP contribution in [0.1, 0.15) is 32.6 Å². The summed E-state index contributed by atoms with van der Waals surface area (Å²) in [6, 6.07) is 0.279. The van der Waals surface area contributed by atoms with Crippen LogP contribution in [0.2, 0.25) is 0 Å². The van der Waals surface area contributed by atoms with E-state index in [1.165, 1.54) is 23.4 Å². The standard InChI is InChI=1S/C13H24N2O3S/c1-10(11-6-7-11)14(2)13(16)12-5-4-8-15(9-12)19(3,17)18/h10-12H,4-9H2,1-3H3. The molecule has 0 aromatic rings. The summed E-state index contributed by atoms with van der Waals surface area (Å²) in [4.78, 5) is 14.3. The van der Waals surface area contributed by atoms with E-state index in [2.05, 4.69) is 6.92 Å². The maximum Gasteiger partial charge on any atom is 0.227 e. The quantitative estimate of drug-likeness (QED) is 0.773. The average Bonchev–Trinajstić information content (AvgIpc) is 3.19. The van der Waals surface area contributed by atoms with Crippen LogP contribution in [0.15, 0.2) is 0 Å². The normalized spacial score (nSPS) is 27.0. The van der Waals surface area contributed by atoms with Crippen molar-refractivity contribution in [3.63, 3.8) is 0 Å². The molecule has 2 rings (SSSR count). The zero-order valence-corrected chi connectivity index (χ0v) is 12.8. The van der Waals surface area contributed by atoms with Gasteiger partial charge in [0.05, 0.1) is 12.2 Å². The Labute approximate surface area is 116 Å². The molecule has 0 N–H and O–H groups in total. The molecule has 1 heterocycles. The molecule has 1 aliphatic carbocycles. The lowest BCUT2D eigenvalue weighted by Gasteiger charge is -2.34. The summed E-state index contributed by atoms with van der Waals surface area (Å²) in [5.74, 6) is 0.575. The van der Waals surface area contributed by atoms with Gasteiger partial charge in [-0.05, 0) is 38.5 Å². The van der Waals surface area contributed by atoms with Gasteiger partial charge in [-0.1, -0.05) is 0 Å². The van der Waals surface area contributed by atoms with Gasteiger partial charge in [0.1, 0.15) is 0 Å². The molecule has 0 bridgehead atoms. The Kier molecular flexibility index (Phi) is 4.20. The second-order valence-electron chi connectivity index (χ2n) is 5.99. The molecule has 19 heavy (non-hydrogen) atoms. The number of rotatable bonds is 4. The first-order valence-corrected chi connectivity index (χ1v) is 8.87. The van der Waals surface area contributed by atoms with Gasteiger partial charge in [0.25, 0.3) is 0 Å². The second kappa shape index (κ2) is 5.40. The predicted octanol–water partition coefficient (Wildman–Crippen LogP) is 0.915. The van der Waals surface area contributed by atoms with Crippen LogP contribution >= 0.6 is 0 Å². The van der Waals surface area contributed by atoms with Crippen molar-refractivity contribution in [2.75, 3.05) is 26.4 Å². The molecule has 5 nitrogen and oxygen atoms in total. The molecule has 2 fully saturated rings. The van der Waals surface area contributed by atoms with Gasteiger partial charge in [-0.25, -0.2) is 12.7 Å². The molecular weight excluding hydrogens is 264 g/mol. The SMILES string of the molecule is CC(C1CC1)N(C)C(=O)C1CCCN(S(C)(=O)=O)C1. The van der Waals surface area contributed by atoms with Crippen LogP contribution in [0.3, 0.4) is 0 Å². The van der Waals surface area contributed by atoms with Crippen LogP contribution in [0.4, 0.5) is 0 Å². The van der Waals surface area contributed by atoms with Crippen molar-refractivity contribution in [2.45, 2.75) is 38.6 Å². The van der Waals surface area contributed by atoms with Gasteiger partial charge in [0, 0.05) is 26.2 Å². The van der Waals surface area contributed by atoms with E-state index in [9.17, 15) is 13.2 Å². The molecule has 2 unspecified atom stereocenters. The van der Waals surface area contributed by atoms with Crippen LogP contribution < -0.4 is 0 Å². The highest BCUT2D eigenvalue weighted by Crippen LogP contribution is 2.35. The second-order valence-corrected chi connectivity index (χ2v) is 7.97. The first-order chi connectivity index (χ1) is 8.80. The van der Waals surface area contributed by atoms with E-state index in [4.69, 9.17) is 0 Å². The highest BCUT2D eigenvalue weighted by molar-refractivity contribution is 7.88. The zero-order valence-electron chi connectivity index (χ0n) is 12.0. The van der Waals surface area contributed by atoms with Crippen LogP contribution in [-0.2, 0) is 14.8 Å². The molecule has 2 atom stereocenters. The molecule has 1 saturated heterocycles. The summed E-state index contributed by atoms with van der Waals surface area (Å²) < 4.78 is 24.6. The van der Waals surface area contributed by atoms with E-state index >= 15 is 0 Å². The predicted molar refractivity (Wildman–Crippen MR) is 74.1 cm³/mol. The maximum atomic E-state index is 12.4. The monoisotopic (exact) mass is 288 g/mol. The third-order valence-electron chi connectivity index (χ3n) is 4.47. The first kappa shape index (κ1) is 14.8. The minimum absolute atomic E-state index is 0.104. The fourth-order valence-electron chi connectivity index (χ4n) is 2.83. The molecule has 6 heteroatoms. The van der Waals surface area contributed by atoms with Gasteiger partial charge in [0.15, 0.2) is 0 Å². The minimum Gasteiger partial charge on any atom is -0.342 e. The summed E-state index contributed by atoms with van der Waals surface area (Å²) in [5, 5.41) is 0. The number of hydrogen-bond acceptors (Lipinski definition) is 3. The van der Waals surface area contributed by atoms with E-state index in [1.54, 1.807) is 0 Å². The third kappa shape index (κ3) is 3.48. The highest BCUT2D eigenvalue weighted by Gasteiger charge is 2.37. The minimum atomic E-state index is -3.18. The smallest absolute Gasteiger partial charge is 0.227 e. The molecule has 0 aromatic carbocycles. The van der Waals surface area contributed by atoms with Crippen molar-refractivity contribution in [1.29, 1.82) is 0 Å². The first-order valence-electron chi connectivity index (χ1n) is 7.02. The number of amides is 1. The number of nitrogens with zero attached hydrogens (tertiary/aromatic N) is 2. The number of hydrogen-bond donors (Lipinski definition) is 0. The topological polar surface area (TPSA) is 57.7 Å². The average molecular weight is 288 g/mol. The largest absolute Gasteiger partial charge is 0.342 e. The van der Waals surface area contributed by atoms with Crippen molar-refractivity contribution in [3.05, 3.63) is 0 Å². The van der Waals surface area contributed by atoms with Gasteiger partial charge < -0.3 is 4.90 Å². The highest BCUT2D eigenvalue weighted by atomic mass is 32.2. The zero-order chi connectivity index (χ0) is 14.2. The van der Waals surface area contributed by atoms with Crippen molar-refractivity contribution >= 4 is 15.9 Å². The fourth-order valence-corrected chi connectivity index (χ4v) is 3.74. The molecule has 2 aliphatic rings. The lowest BCUT2D eigenvalue weighted by Crippen LogP contribution is -2.47. The van der Waals surface area contributed by atoms with E-state index in [0.29, 0.717) is 19.0 Å². The Morgan fingerprint density at radius 3 is 2.47 bits per heavy atom.